The summed E-state index contributed by atoms with van der Waals surface area (Å²) in [4.78, 5) is 11.9. The molecule has 4 nitrogen and oxygen atoms in total. The normalized spacial score (nSPS) is 35.5. The van der Waals surface area contributed by atoms with E-state index in [1.54, 1.807) is 0 Å². The zero-order valence-electron chi connectivity index (χ0n) is 16.2. The van der Waals surface area contributed by atoms with Crippen LogP contribution < -0.4 is 5.32 Å². The van der Waals surface area contributed by atoms with E-state index in [0.29, 0.717) is 37.1 Å². The van der Waals surface area contributed by atoms with E-state index in [4.69, 9.17) is 9.47 Å². The Hall–Kier alpha value is -1.03. The lowest BCUT2D eigenvalue weighted by atomic mass is 9.56. The van der Waals surface area contributed by atoms with Gasteiger partial charge in [-0.1, -0.05) is 45.3 Å². The van der Waals surface area contributed by atoms with Crippen molar-refractivity contribution in [3.8, 4) is 0 Å². The fourth-order valence-electron chi connectivity index (χ4n) is 4.53. The van der Waals surface area contributed by atoms with Gasteiger partial charge in [-0.15, -0.1) is 0 Å². The molecule has 0 aromatic rings. The highest BCUT2D eigenvalue weighted by molar-refractivity contribution is 5.67. The summed E-state index contributed by atoms with van der Waals surface area (Å²) in [5, 5.41) is 2.81. The number of allylic oxidation sites excluding steroid dienone is 1. The number of hydrogen-bond acceptors (Lipinski definition) is 3. The molecule has 1 aliphatic carbocycles. The number of carbonyl (C=O) groups is 1. The molecule has 1 N–H and O–H groups in total. The van der Waals surface area contributed by atoms with E-state index in [2.05, 4.69) is 39.1 Å². The van der Waals surface area contributed by atoms with Crippen molar-refractivity contribution in [3.05, 3.63) is 11.6 Å². The molecule has 0 unspecified atom stereocenters. The van der Waals surface area contributed by atoms with Crippen LogP contribution in [0.4, 0.5) is 4.79 Å². The minimum absolute atomic E-state index is 0.0899. The number of ether oxygens (including phenoxy) is 2. The summed E-state index contributed by atoms with van der Waals surface area (Å²) in [7, 11) is 0. The van der Waals surface area contributed by atoms with Gasteiger partial charge in [0.05, 0.1) is 12.7 Å². The highest BCUT2D eigenvalue weighted by Gasteiger charge is 2.53. The molecule has 5 atom stereocenters. The zero-order chi connectivity index (χ0) is 17.9. The number of fused-ring (bicyclic) bond motifs is 2. The third-order valence-electron chi connectivity index (χ3n) is 6.08. The molecular weight excluding hydrogens is 302 g/mol. The van der Waals surface area contributed by atoms with Gasteiger partial charge in [0.25, 0.3) is 0 Å². The molecule has 1 fully saturated rings. The lowest BCUT2D eigenvalue weighted by Gasteiger charge is -2.55. The summed E-state index contributed by atoms with van der Waals surface area (Å²) in [5.74, 6) is 1.25. The number of hydrogen-bond donors (Lipinski definition) is 1. The van der Waals surface area contributed by atoms with E-state index in [-0.39, 0.29) is 17.6 Å². The van der Waals surface area contributed by atoms with Gasteiger partial charge in [0.1, 0.15) is 6.61 Å². The van der Waals surface area contributed by atoms with Crippen molar-refractivity contribution in [1.82, 2.24) is 5.32 Å². The van der Waals surface area contributed by atoms with Crippen LogP contribution in [0.3, 0.4) is 0 Å². The van der Waals surface area contributed by atoms with E-state index in [9.17, 15) is 4.79 Å². The van der Waals surface area contributed by atoms with Gasteiger partial charge in [-0.25, -0.2) is 4.79 Å². The van der Waals surface area contributed by atoms with E-state index in [0.717, 1.165) is 6.42 Å². The van der Waals surface area contributed by atoms with Crippen LogP contribution in [-0.4, -0.2) is 31.5 Å². The smallest absolute Gasteiger partial charge is 0.407 e. The summed E-state index contributed by atoms with van der Waals surface area (Å²) < 4.78 is 11.9. The van der Waals surface area contributed by atoms with Gasteiger partial charge in [-0.3, -0.25) is 0 Å². The second kappa shape index (κ2) is 7.90. The Balaban J connectivity index is 2.13. The number of carbonyl (C=O) groups excluding carboxylic acids is 1. The lowest BCUT2D eigenvalue weighted by Crippen LogP contribution is -2.57. The summed E-state index contributed by atoms with van der Waals surface area (Å²) in [5.41, 5.74) is 1.33. The van der Waals surface area contributed by atoms with Gasteiger partial charge in [-0.2, -0.15) is 0 Å². The van der Waals surface area contributed by atoms with Gasteiger partial charge >= 0.3 is 6.09 Å². The molecule has 0 aromatic heterocycles. The molecule has 0 aromatic carbocycles. The summed E-state index contributed by atoms with van der Waals surface area (Å²) in [6.45, 7) is 14.0. The van der Waals surface area contributed by atoms with Crippen molar-refractivity contribution in [3.63, 3.8) is 0 Å². The van der Waals surface area contributed by atoms with Crippen LogP contribution >= 0.6 is 0 Å². The van der Waals surface area contributed by atoms with Crippen LogP contribution in [0.5, 0.6) is 0 Å². The second-order valence-electron chi connectivity index (χ2n) is 8.11. The first-order valence-electron chi connectivity index (χ1n) is 9.55. The van der Waals surface area contributed by atoms with Crippen LogP contribution in [0.1, 0.15) is 60.8 Å². The van der Waals surface area contributed by atoms with Crippen LogP contribution in [0.2, 0.25) is 0 Å². The first kappa shape index (κ1) is 19.3. The van der Waals surface area contributed by atoms with Crippen LogP contribution in [0, 0.1) is 23.2 Å². The van der Waals surface area contributed by atoms with E-state index in [1.807, 2.05) is 13.8 Å². The first-order chi connectivity index (χ1) is 11.3. The molecular formula is C20H35NO3. The van der Waals surface area contributed by atoms with Gasteiger partial charge in [0.15, 0.2) is 0 Å². The van der Waals surface area contributed by atoms with Crippen molar-refractivity contribution in [2.45, 2.75) is 73.0 Å². The topological polar surface area (TPSA) is 47.6 Å². The molecule has 0 spiro atoms. The molecule has 2 rings (SSSR count). The molecule has 1 aliphatic heterocycles. The Morgan fingerprint density at radius 2 is 2.17 bits per heavy atom. The van der Waals surface area contributed by atoms with E-state index < -0.39 is 0 Å². The Labute approximate surface area is 147 Å². The number of amides is 1. The molecule has 0 radical (unpaired) electrons. The van der Waals surface area contributed by atoms with Crippen molar-refractivity contribution >= 4 is 6.09 Å². The average molecular weight is 338 g/mol. The molecule has 138 valence electrons. The molecule has 2 bridgehead atoms. The molecule has 0 saturated carbocycles. The Kier molecular flexibility index (Phi) is 6.35. The lowest BCUT2D eigenvalue weighted by molar-refractivity contribution is -0.165. The standard InChI is InChI=1S/C20H35NO3/c1-7-8-9-17-18-14(4)10-15(5)20(11-23-17,16(18)6)12-24-19(22)21-13(2)3/h10,13,15-18H,7-9,11-12H2,1-6H3,(H,21,22)/t15-,16+,17-,18-,20+/m0/s1. The minimum Gasteiger partial charge on any atom is -0.449 e. The maximum atomic E-state index is 11.9. The number of nitrogens with one attached hydrogen (secondary N) is 1. The monoisotopic (exact) mass is 337 g/mol. The third kappa shape index (κ3) is 3.79. The van der Waals surface area contributed by atoms with Crippen molar-refractivity contribution < 1.29 is 14.3 Å². The number of rotatable bonds is 6. The fourth-order valence-corrected chi connectivity index (χ4v) is 4.53. The van der Waals surface area contributed by atoms with Crippen molar-refractivity contribution in [1.29, 1.82) is 0 Å². The zero-order valence-corrected chi connectivity index (χ0v) is 16.2. The maximum Gasteiger partial charge on any atom is 0.407 e. The van der Waals surface area contributed by atoms with E-state index >= 15 is 0 Å². The van der Waals surface area contributed by atoms with Crippen LogP contribution in [-0.2, 0) is 9.47 Å². The number of alkyl carbamates (subject to hydrolysis) is 1. The molecule has 1 amide bonds. The predicted octanol–water partition coefficient (Wildman–Crippen LogP) is 4.54. The van der Waals surface area contributed by atoms with Gasteiger partial charge in [0.2, 0.25) is 0 Å². The third-order valence-corrected chi connectivity index (χ3v) is 6.08. The first-order valence-corrected chi connectivity index (χ1v) is 9.55. The molecule has 24 heavy (non-hydrogen) atoms. The molecule has 1 saturated heterocycles. The highest BCUT2D eigenvalue weighted by atomic mass is 16.6. The average Bonchev–Trinajstić information content (AvgIpc) is 2.49. The SMILES string of the molecule is CCCC[C@@H]1OC[C@]2(COC(=O)NC(C)C)[C@H](C)[C@@H]1C(C)=C[C@@H]2C. The fraction of sp³-hybridized carbons (Fsp3) is 0.850. The predicted molar refractivity (Wildman–Crippen MR) is 96.9 cm³/mol. The van der Waals surface area contributed by atoms with Crippen molar-refractivity contribution in [2.75, 3.05) is 13.2 Å². The summed E-state index contributed by atoms with van der Waals surface area (Å²) in [6, 6.07) is 0.0899. The quantitative estimate of drug-likeness (QED) is 0.724. The number of unbranched alkanes of at least 4 members (excludes halogenated alkanes) is 1. The van der Waals surface area contributed by atoms with E-state index in [1.165, 1.54) is 18.4 Å². The Morgan fingerprint density at radius 1 is 1.46 bits per heavy atom. The van der Waals surface area contributed by atoms with Crippen LogP contribution in [0.25, 0.3) is 0 Å². The van der Waals surface area contributed by atoms with Gasteiger partial charge in [-0.05, 0) is 39.0 Å². The van der Waals surface area contributed by atoms with Gasteiger partial charge in [0, 0.05) is 17.4 Å². The van der Waals surface area contributed by atoms with Crippen molar-refractivity contribution in [2.24, 2.45) is 23.2 Å². The Morgan fingerprint density at radius 3 is 2.79 bits per heavy atom. The second-order valence-corrected chi connectivity index (χ2v) is 8.11. The molecule has 2 aliphatic rings. The summed E-state index contributed by atoms with van der Waals surface area (Å²) in [6.07, 6.45) is 5.89. The largest absolute Gasteiger partial charge is 0.449 e. The molecule has 4 heteroatoms. The Bertz CT molecular complexity index is 474. The summed E-state index contributed by atoms with van der Waals surface area (Å²) >= 11 is 0. The molecule has 1 heterocycles. The highest BCUT2D eigenvalue weighted by Crippen LogP contribution is 2.53. The minimum atomic E-state index is -0.324. The van der Waals surface area contributed by atoms with Gasteiger partial charge < -0.3 is 14.8 Å². The van der Waals surface area contributed by atoms with Crippen LogP contribution in [0.15, 0.2) is 11.6 Å². The maximum absolute atomic E-state index is 11.9.